The summed E-state index contributed by atoms with van der Waals surface area (Å²) >= 11 is 1.65. The van der Waals surface area contributed by atoms with Crippen molar-refractivity contribution < 1.29 is 14.5 Å². The van der Waals surface area contributed by atoms with Gasteiger partial charge in [-0.3, -0.25) is 14.9 Å². The number of amides is 1. The minimum Gasteiger partial charge on any atom is -0.477 e. The molecule has 0 spiro atoms. The van der Waals surface area contributed by atoms with Crippen LogP contribution in [0.5, 0.6) is 5.75 Å². The van der Waals surface area contributed by atoms with Gasteiger partial charge in [-0.05, 0) is 30.0 Å². The molecule has 1 amide bonds. The van der Waals surface area contributed by atoms with Crippen molar-refractivity contribution in [1.82, 2.24) is 5.32 Å². The van der Waals surface area contributed by atoms with E-state index in [0.29, 0.717) is 6.54 Å². The number of carbonyl (C=O) groups is 1. The Hall–Kier alpha value is -2.54. The number of carbonyl (C=O) groups excluding carboxylic acids is 1. The van der Waals surface area contributed by atoms with Gasteiger partial charge in [0.15, 0.2) is 12.4 Å². The molecule has 120 valence electrons. The Bertz CT molecular complexity index is 689. The van der Waals surface area contributed by atoms with Crippen molar-refractivity contribution in [1.29, 1.82) is 0 Å². The van der Waals surface area contributed by atoms with Crippen LogP contribution in [-0.2, 0) is 11.3 Å². The molecule has 0 aromatic heterocycles. The Morgan fingerprint density at radius 2 is 1.91 bits per heavy atom. The zero-order valence-corrected chi connectivity index (χ0v) is 13.3. The van der Waals surface area contributed by atoms with Crippen molar-refractivity contribution in [2.45, 2.75) is 11.4 Å². The van der Waals surface area contributed by atoms with Gasteiger partial charge >= 0.3 is 5.69 Å². The highest BCUT2D eigenvalue weighted by molar-refractivity contribution is 7.98. The number of thioether (sulfide) groups is 1. The molecule has 0 radical (unpaired) electrons. The van der Waals surface area contributed by atoms with Gasteiger partial charge in [0.05, 0.1) is 4.92 Å². The molecule has 0 aliphatic heterocycles. The molecule has 0 heterocycles. The molecule has 0 aliphatic rings. The number of nitro benzene ring substituents is 1. The van der Waals surface area contributed by atoms with Crippen LogP contribution in [0, 0.1) is 10.1 Å². The van der Waals surface area contributed by atoms with E-state index < -0.39 is 4.92 Å². The lowest BCUT2D eigenvalue weighted by Crippen LogP contribution is -2.28. The first-order chi connectivity index (χ1) is 11.1. The monoisotopic (exact) mass is 332 g/mol. The van der Waals surface area contributed by atoms with Crippen molar-refractivity contribution in [2.24, 2.45) is 0 Å². The van der Waals surface area contributed by atoms with Gasteiger partial charge in [0, 0.05) is 17.5 Å². The predicted molar refractivity (Wildman–Crippen MR) is 88.7 cm³/mol. The molecule has 0 fully saturated rings. The summed E-state index contributed by atoms with van der Waals surface area (Å²) in [6, 6.07) is 13.8. The third-order valence-corrected chi connectivity index (χ3v) is 3.81. The van der Waals surface area contributed by atoms with Crippen molar-refractivity contribution >= 4 is 23.4 Å². The molecule has 0 unspecified atom stereocenters. The van der Waals surface area contributed by atoms with Crippen LogP contribution in [-0.4, -0.2) is 23.7 Å². The van der Waals surface area contributed by atoms with Crippen LogP contribution in [0.1, 0.15) is 5.56 Å². The molecule has 7 heteroatoms. The highest BCUT2D eigenvalue weighted by Crippen LogP contribution is 2.25. The number of rotatable bonds is 7. The van der Waals surface area contributed by atoms with E-state index in [9.17, 15) is 14.9 Å². The highest BCUT2D eigenvalue weighted by atomic mass is 32.2. The standard InChI is InChI=1S/C16H16N2O4S/c1-23-13-8-6-12(7-9-13)10-17-16(19)11-22-15-5-3-2-4-14(15)18(20)21/h2-9H,10-11H2,1H3,(H,17,19). The maximum atomic E-state index is 11.8. The molecule has 0 saturated carbocycles. The van der Waals surface area contributed by atoms with Gasteiger partial charge in [-0.1, -0.05) is 24.3 Å². The van der Waals surface area contributed by atoms with Gasteiger partial charge in [0.25, 0.3) is 5.91 Å². The van der Waals surface area contributed by atoms with E-state index >= 15 is 0 Å². The van der Waals surface area contributed by atoms with E-state index in [4.69, 9.17) is 4.74 Å². The summed E-state index contributed by atoms with van der Waals surface area (Å²) in [7, 11) is 0. The first kappa shape index (κ1) is 16.8. The zero-order chi connectivity index (χ0) is 16.7. The fourth-order valence-corrected chi connectivity index (χ4v) is 2.28. The Kier molecular flexibility index (Phi) is 5.99. The average molecular weight is 332 g/mol. The lowest BCUT2D eigenvalue weighted by molar-refractivity contribution is -0.385. The van der Waals surface area contributed by atoms with E-state index in [1.54, 1.807) is 23.9 Å². The Labute approximate surface area is 138 Å². The minimum absolute atomic E-state index is 0.0805. The van der Waals surface area contributed by atoms with Crippen LogP contribution in [0.15, 0.2) is 53.4 Å². The number of nitrogens with one attached hydrogen (secondary N) is 1. The molecular weight excluding hydrogens is 316 g/mol. The smallest absolute Gasteiger partial charge is 0.310 e. The lowest BCUT2D eigenvalue weighted by Gasteiger charge is -2.08. The number of hydrogen-bond acceptors (Lipinski definition) is 5. The summed E-state index contributed by atoms with van der Waals surface area (Å²) in [4.78, 5) is 23.2. The third-order valence-electron chi connectivity index (χ3n) is 3.07. The molecule has 0 aliphatic carbocycles. The second-order valence-electron chi connectivity index (χ2n) is 4.64. The number of benzene rings is 2. The van der Waals surface area contributed by atoms with Gasteiger partial charge in [-0.25, -0.2) is 0 Å². The predicted octanol–water partition coefficient (Wildman–Crippen LogP) is 3.01. The number of hydrogen-bond donors (Lipinski definition) is 1. The van der Waals surface area contributed by atoms with E-state index in [1.807, 2.05) is 30.5 Å². The number of para-hydroxylation sites is 2. The molecule has 1 N–H and O–H groups in total. The van der Waals surface area contributed by atoms with Gasteiger partial charge in [-0.2, -0.15) is 0 Å². The molecule has 23 heavy (non-hydrogen) atoms. The van der Waals surface area contributed by atoms with Gasteiger partial charge in [-0.15, -0.1) is 11.8 Å². The SMILES string of the molecule is CSc1ccc(CNC(=O)COc2ccccc2[N+](=O)[O-])cc1. The molecule has 2 aromatic rings. The quantitative estimate of drug-likeness (QED) is 0.479. The average Bonchev–Trinajstić information content (AvgIpc) is 2.58. The summed E-state index contributed by atoms with van der Waals surface area (Å²) in [5, 5.41) is 13.6. The number of nitro groups is 1. The van der Waals surface area contributed by atoms with Crippen molar-refractivity contribution in [3.63, 3.8) is 0 Å². The molecular formula is C16H16N2O4S. The highest BCUT2D eigenvalue weighted by Gasteiger charge is 2.14. The van der Waals surface area contributed by atoms with E-state index in [-0.39, 0.29) is 24.0 Å². The van der Waals surface area contributed by atoms with Crippen molar-refractivity contribution in [3.8, 4) is 5.75 Å². The number of nitrogens with zero attached hydrogens (tertiary/aromatic N) is 1. The van der Waals surface area contributed by atoms with Crippen LogP contribution in [0.25, 0.3) is 0 Å². The maximum absolute atomic E-state index is 11.8. The summed E-state index contributed by atoms with van der Waals surface area (Å²) in [6.45, 7) is 0.113. The van der Waals surface area contributed by atoms with E-state index in [1.165, 1.54) is 12.1 Å². The molecule has 0 saturated heterocycles. The zero-order valence-electron chi connectivity index (χ0n) is 12.5. The van der Waals surface area contributed by atoms with Crippen LogP contribution in [0.3, 0.4) is 0 Å². The van der Waals surface area contributed by atoms with Crippen LogP contribution >= 0.6 is 11.8 Å². The Morgan fingerprint density at radius 1 is 1.22 bits per heavy atom. The Morgan fingerprint density at radius 3 is 2.57 bits per heavy atom. The lowest BCUT2D eigenvalue weighted by atomic mass is 10.2. The molecule has 0 bridgehead atoms. The fraction of sp³-hybridized carbons (Fsp3) is 0.188. The van der Waals surface area contributed by atoms with E-state index in [0.717, 1.165) is 10.5 Å². The topological polar surface area (TPSA) is 81.5 Å². The van der Waals surface area contributed by atoms with E-state index in [2.05, 4.69) is 5.32 Å². The normalized spacial score (nSPS) is 10.1. The first-order valence-electron chi connectivity index (χ1n) is 6.86. The second-order valence-corrected chi connectivity index (χ2v) is 5.52. The molecule has 0 atom stereocenters. The van der Waals surface area contributed by atoms with Crippen LogP contribution in [0.4, 0.5) is 5.69 Å². The second kappa shape index (κ2) is 8.19. The maximum Gasteiger partial charge on any atom is 0.310 e. The third kappa shape index (κ3) is 5.00. The summed E-state index contributed by atoms with van der Waals surface area (Å²) in [6.07, 6.45) is 2.00. The first-order valence-corrected chi connectivity index (χ1v) is 8.08. The molecule has 2 rings (SSSR count). The van der Waals surface area contributed by atoms with Gasteiger partial charge in [0.1, 0.15) is 0 Å². The van der Waals surface area contributed by atoms with Gasteiger partial charge < -0.3 is 10.1 Å². The minimum atomic E-state index is -0.541. The molecule has 2 aromatic carbocycles. The fourth-order valence-electron chi connectivity index (χ4n) is 1.87. The van der Waals surface area contributed by atoms with Crippen molar-refractivity contribution in [2.75, 3.05) is 12.9 Å². The summed E-state index contributed by atoms with van der Waals surface area (Å²) < 4.78 is 5.23. The largest absolute Gasteiger partial charge is 0.477 e. The summed E-state index contributed by atoms with van der Waals surface area (Å²) in [5.41, 5.74) is 0.815. The van der Waals surface area contributed by atoms with Gasteiger partial charge in [0.2, 0.25) is 0 Å². The van der Waals surface area contributed by atoms with Crippen LogP contribution in [0.2, 0.25) is 0 Å². The summed E-state index contributed by atoms with van der Waals surface area (Å²) in [5.74, 6) is -0.255. The van der Waals surface area contributed by atoms with Crippen LogP contribution < -0.4 is 10.1 Å². The Balaban J connectivity index is 1.84. The number of ether oxygens (including phenoxy) is 1. The molecule has 6 nitrogen and oxygen atoms in total. The van der Waals surface area contributed by atoms with Crippen molar-refractivity contribution in [3.05, 3.63) is 64.2 Å².